The Kier molecular flexibility index (Phi) is 8.02. The van der Waals surface area contributed by atoms with Gasteiger partial charge in [-0.1, -0.05) is 48.0 Å². The van der Waals surface area contributed by atoms with E-state index in [0.717, 1.165) is 0 Å². The number of carbonyl (C=O) groups excluding carboxylic acids is 1. The Bertz CT molecular complexity index is 1580. The van der Waals surface area contributed by atoms with Gasteiger partial charge in [0.05, 0.1) is 40.2 Å². The van der Waals surface area contributed by atoms with E-state index in [4.69, 9.17) is 21.1 Å². The molecular formula is C29H26ClN3O5S. The van der Waals surface area contributed by atoms with E-state index in [-0.39, 0.29) is 15.6 Å². The third-order valence-corrected chi connectivity index (χ3v) is 7.76. The molecule has 0 saturated carbocycles. The smallest absolute Gasteiger partial charge is 0.262 e. The normalized spacial score (nSPS) is 13.5. The molecule has 8 nitrogen and oxygen atoms in total. The maximum Gasteiger partial charge on any atom is 0.262 e. The van der Waals surface area contributed by atoms with Crippen LogP contribution in [0.1, 0.15) is 10.4 Å². The zero-order valence-corrected chi connectivity index (χ0v) is 22.4. The highest BCUT2D eigenvalue weighted by Crippen LogP contribution is 2.32. The topological polar surface area (TPSA) is 97.0 Å². The Labute approximate surface area is 232 Å². The number of amides is 1. The van der Waals surface area contributed by atoms with Crippen LogP contribution in [-0.2, 0) is 14.8 Å². The number of sulfonamides is 1. The number of anilines is 3. The first-order valence-corrected chi connectivity index (χ1v) is 14.1. The molecule has 2 N–H and O–H groups in total. The van der Waals surface area contributed by atoms with Crippen molar-refractivity contribution >= 4 is 44.6 Å². The first-order chi connectivity index (χ1) is 18.9. The fourth-order valence-corrected chi connectivity index (χ4v) is 5.47. The largest absolute Gasteiger partial charge is 0.457 e. The molecule has 5 rings (SSSR count). The van der Waals surface area contributed by atoms with Crippen molar-refractivity contribution < 1.29 is 22.7 Å². The fraction of sp³-hybridized carbons (Fsp3) is 0.138. The lowest BCUT2D eigenvalue weighted by Gasteiger charge is -2.30. The number of hydrogen-bond donors (Lipinski definition) is 2. The second kappa shape index (κ2) is 11.8. The van der Waals surface area contributed by atoms with Crippen molar-refractivity contribution in [2.24, 2.45) is 0 Å². The standard InChI is InChI=1S/C29H26ClN3O5S/c30-25-11-4-5-12-26(25)32-39(35,36)24-13-14-28(33-15-17-37-18-16-33)27(20-24)31-29(34)21-7-6-10-23(19-21)38-22-8-2-1-3-9-22/h1-14,19-20,32H,15-18H2,(H,31,34). The van der Waals surface area contributed by atoms with Gasteiger partial charge >= 0.3 is 0 Å². The van der Waals surface area contributed by atoms with Crippen LogP contribution in [0, 0.1) is 0 Å². The summed E-state index contributed by atoms with van der Waals surface area (Å²) >= 11 is 6.16. The summed E-state index contributed by atoms with van der Waals surface area (Å²) in [5, 5.41) is 3.18. The molecule has 10 heteroatoms. The number of nitrogens with one attached hydrogen (secondary N) is 2. The first-order valence-electron chi connectivity index (χ1n) is 12.3. The van der Waals surface area contributed by atoms with Crippen molar-refractivity contribution in [3.05, 3.63) is 108 Å². The molecule has 0 aliphatic carbocycles. The maximum absolute atomic E-state index is 13.4. The molecule has 1 amide bonds. The monoisotopic (exact) mass is 563 g/mol. The summed E-state index contributed by atoms with van der Waals surface area (Å²) < 4.78 is 40.3. The molecule has 0 atom stereocenters. The number of morpholine rings is 1. The molecule has 0 bridgehead atoms. The Balaban J connectivity index is 1.44. The molecule has 0 spiro atoms. The van der Waals surface area contributed by atoms with Gasteiger partial charge < -0.3 is 19.7 Å². The predicted molar refractivity (Wildman–Crippen MR) is 153 cm³/mol. The van der Waals surface area contributed by atoms with Gasteiger partial charge in [0.15, 0.2) is 0 Å². The van der Waals surface area contributed by atoms with Crippen LogP contribution in [0.25, 0.3) is 0 Å². The molecule has 1 aliphatic rings. The Hall–Kier alpha value is -4.05. The van der Waals surface area contributed by atoms with Crippen LogP contribution >= 0.6 is 11.6 Å². The van der Waals surface area contributed by atoms with Crippen LogP contribution in [0.4, 0.5) is 17.1 Å². The number of benzene rings is 4. The second-order valence-electron chi connectivity index (χ2n) is 8.76. The fourth-order valence-electron chi connectivity index (χ4n) is 4.13. The summed E-state index contributed by atoms with van der Waals surface area (Å²) in [5.74, 6) is 0.743. The van der Waals surface area contributed by atoms with Crippen LogP contribution in [-0.4, -0.2) is 40.6 Å². The minimum atomic E-state index is -4.00. The predicted octanol–water partition coefficient (Wildman–Crippen LogP) is 6.02. The van der Waals surface area contributed by atoms with E-state index in [1.807, 2.05) is 35.2 Å². The summed E-state index contributed by atoms with van der Waals surface area (Å²) in [6.07, 6.45) is 0. The van der Waals surface area contributed by atoms with Gasteiger partial charge in [0.25, 0.3) is 15.9 Å². The van der Waals surface area contributed by atoms with Gasteiger partial charge in [-0.25, -0.2) is 8.42 Å². The molecule has 1 fully saturated rings. The Morgan fingerprint density at radius 1 is 0.821 bits per heavy atom. The first kappa shape index (κ1) is 26.6. The summed E-state index contributed by atoms with van der Waals surface area (Å²) in [4.78, 5) is 15.4. The molecule has 1 aliphatic heterocycles. The van der Waals surface area contributed by atoms with E-state index in [9.17, 15) is 13.2 Å². The number of carbonyl (C=O) groups is 1. The average Bonchev–Trinajstić information content (AvgIpc) is 2.95. The number of ether oxygens (including phenoxy) is 2. The quantitative estimate of drug-likeness (QED) is 0.272. The van der Waals surface area contributed by atoms with Crippen LogP contribution < -0.4 is 19.7 Å². The lowest BCUT2D eigenvalue weighted by molar-refractivity contribution is 0.102. The molecule has 0 radical (unpaired) electrons. The van der Waals surface area contributed by atoms with Crippen molar-refractivity contribution in [2.45, 2.75) is 4.90 Å². The third-order valence-electron chi connectivity index (χ3n) is 6.07. The van der Waals surface area contributed by atoms with Gasteiger partial charge in [-0.2, -0.15) is 0 Å². The molecule has 1 heterocycles. The molecule has 4 aromatic rings. The van der Waals surface area contributed by atoms with Gasteiger partial charge in [0.2, 0.25) is 0 Å². The highest BCUT2D eigenvalue weighted by atomic mass is 35.5. The number of hydrogen-bond acceptors (Lipinski definition) is 6. The highest BCUT2D eigenvalue weighted by Gasteiger charge is 2.22. The van der Waals surface area contributed by atoms with E-state index >= 15 is 0 Å². The zero-order valence-electron chi connectivity index (χ0n) is 20.8. The molecule has 1 saturated heterocycles. The van der Waals surface area contributed by atoms with E-state index in [2.05, 4.69) is 10.0 Å². The van der Waals surface area contributed by atoms with Gasteiger partial charge in [-0.05, 0) is 60.7 Å². The molecule has 200 valence electrons. The third kappa shape index (κ3) is 6.51. The van der Waals surface area contributed by atoms with Crippen LogP contribution in [0.5, 0.6) is 11.5 Å². The molecule has 39 heavy (non-hydrogen) atoms. The van der Waals surface area contributed by atoms with E-state index in [1.165, 1.54) is 12.1 Å². The number of halogens is 1. The lowest BCUT2D eigenvalue weighted by Crippen LogP contribution is -2.36. The number of para-hydroxylation sites is 2. The van der Waals surface area contributed by atoms with Crippen LogP contribution in [0.15, 0.2) is 102 Å². The zero-order chi connectivity index (χ0) is 27.2. The van der Waals surface area contributed by atoms with Crippen molar-refractivity contribution in [3.63, 3.8) is 0 Å². The number of nitrogens with zero attached hydrogens (tertiary/aromatic N) is 1. The molecule has 0 unspecified atom stereocenters. The summed E-state index contributed by atoms with van der Waals surface area (Å²) in [6.45, 7) is 2.27. The Morgan fingerprint density at radius 3 is 2.31 bits per heavy atom. The van der Waals surface area contributed by atoms with E-state index in [1.54, 1.807) is 54.6 Å². The van der Waals surface area contributed by atoms with Crippen LogP contribution in [0.2, 0.25) is 5.02 Å². The van der Waals surface area contributed by atoms with Crippen molar-refractivity contribution in [1.29, 1.82) is 0 Å². The van der Waals surface area contributed by atoms with Gasteiger partial charge in [0.1, 0.15) is 11.5 Å². The van der Waals surface area contributed by atoms with E-state index in [0.29, 0.717) is 54.7 Å². The minimum Gasteiger partial charge on any atom is -0.457 e. The van der Waals surface area contributed by atoms with Gasteiger partial charge in [-0.15, -0.1) is 0 Å². The number of rotatable bonds is 8. The second-order valence-corrected chi connectivity index (χ2v) is 10.9. The van der Waals surface area contributed by atoms with E-state index < -0.39 is 15.9 Å². The summed E-state index contributed by atoms with van der Waals surface area (Å²) in [6, 6.07) is 27.3. The SMILES string of the molecule is O=C(Nc1cc(S(=O)(=O)Nc2ccccc2Cl)ccc1N1CCOCC1)c1cccc(Oc2ccccc2)c1. The average molecular weight is 564 g/mol. The molecule has 0 aromatic heterocycles. The van der Waals surface area contributed by atoms with Crippen molar-refractivity contribution in [2.75, 3.05) is 41.2 Å². The Morgan fingerprint density at radius 2 is 1.54 bits per heavy atom. The minimum absolute atomic E-state index is 0.0177. The van der Waals surface area contributed by atoms with Gasteiger partial charge in [0, 0.05) is 18.7 Å². The maximum atomic E-state index is 13.4. The molecular weight excluding hydrogens is 538 g/mol. The molecule has 4 aromatic carbocycles. The van der Waals surface area contributed by atoms with Crippen LogP contribution in [0.3, 0.4) is 0 Å². The van der Waals surface area contributed by atoms with Gasteiger partial charge in [-0.3, -0.25) is 9.52 Å². The van der Waals surface area contributed by atoms with Crippen molar-refractivity contribution in [3.8, 4) is 11.5 Å². The van der Waals surface area contributed by atoms with Crippen molar-refractivity contribution in [1.82, 2.24) is 0 Å². The summed E-state index contributed by atoms with van der Waals surface area (Å²) in [5.41, 5.74) is 1.68. The highest BCUT2D eigenvalue weighted by molar-refractivity contribution is 7.92. The lowest BCUT2D eigenvalue weighted by atomic mass is 10.1. The summed E-state index contributed by atoms with van der Waals surface area (Å²) in [7, 11) is -4.00.